The fourth-order valence-corrected chi connectivity index (χ4v) is 2.80. The highest BCUT2D eigenvalue weighted by atomic mass is 35.5. The quantitative estimate of drug-likeness (QED) is 0.505. The second-order valence-corrected chi connectivity index (χ2v) is 6.67. The molecule has 0 saturated carbocycles. The third kappa shape index (κ3) is 3.93. The first-order valence-electron chi connectivity index (χ1n) is 8.48. The summed E-state index contributed by atoms with van der Waals surface area (Å²) < 4.78 is 0.938. The number of carbonyl (C=O) groups excluding carboxylic acids is 1. The highest BCUT2D eigenvalue weighted by Crippen LogP contribution is 2.26. The van der Waals surface area contributed by atoms with Gasteiger partial charge in [0.05, 0.1) is 5.69 Å². The van der Waals surface area contributed by atoms with Crippen LogP contribution >= 0.6 is 11.6 Å². The molecule has 3 aromatic rings. The Kier molecular flexibility index (Phi) is 5.57. The Bertz CT molecular complexity index is 1220. The SMILES string of the molecule is Cc1c(C#N)c(O)n(C)c(=O)c1N=Nc1ccc(C(=O)c2ccc(Cl)cc2)cc1. The van der Waals surface area contributed by atoms with Crippen LogP contribution in [0.4, 0.5) is 11.4 Å². The van der Waals surface area contributed by atoms with E-state index in [9.17, 15) is 20.0 Å². The number of nitriles is 1. The summed E-state index contributed by atoms with van der Waals surface area (Å²) in [6.45, 7) is 1.52. The molecular formula is C21H15ClN4O3. The Hall–Kier alpha value is -3.76. The van der Waals surface area contributed by atoms with Gasteiger partial charge in [-0.3, -0.25) is 14.2 Å². The molecule has 0 aliphatic rings. The number of aromatic hydroxyl groups is 1. The molecule has 0 aliphatic carbocycles. The molecule has 0 amide bonds. The summed E-state index contributed by atoms with van der Waals surface area (Å²) in [5, 5.41) is 27.6. The third-order valence-corrected chi connectivity index (χ3v) is 4.64. The van der Waals surface area contributed by atoms with Crippen molar-refractivity contribution in [1.82, 2.24) is 4.57 Å². The van der Waals surface area contributed by atoms with E-state index in [1.54, 1.807) is 48.5 Å². The van der Waals surface area contributed by atoms with E-state index in [-0.39, 0.29) is 22.6 Å². The minimum atomic E-state index is -0.572. The maximum atomic E-state index is 12.5. The van der Waals surface area contributed by atoms with Crippen molar-refractivity contribution in [2.45, 2.75) is 6.92 Å². The van der Waals surface area contributed by atoms with Crippen LogP contribution in [0, 0.1) is 18.3 Å². The number of azo groups is 1. The normalized spacial score (nSPS) is 10.8. The van der Waals surface area contributed by atoms with E-state index in [0.29, 0.717) is 21.8 Å². The largest absolute Gasteiger partial charge is 0.493 e. The van der Waals surface area contributed by atoms with Gasteiger partial charge in [-0.25, -0.2) is 0 Å². The van der Waals surface area contributed by atoms with Crippen LogP contribution in [0.2, 0.25) is 5.02 Å². The van der Waals surface area contributed by atoms with Crippen LogP contribution in [0.1, 0.15) is 27.0 Å². The molecule has 0 saturated heterocycles. The Morgan fingerprint density at radius 1 is 1.07 bits per heavy atom. The van der Waals surface area contributed by atoms with Crippen molar-refractivity contribution in [2.75, 3.05) is 0 Å². The molecule has 29 heavy (non-hydrogen) atoms. The van der Waals surface area contributed by atoms with Crippen molar-refractivity contribution in [2.24, 2.45) is 17.3 Å². The lowest BCUT2D eigenvalue weighted by atomic mass is 10.0. The smallest absolute Gasteiger partial charge is 0.281 e. The zero-order valence-corrected chi connectivity index (χ0v) is 16.3. The van der Waals surface area contributed by atoms with Crippen LogP contribution in [0.15, 0.2) is 63.6 Å². The fraction of sp³-hybridized carbons (Fsp3) is 0.0952. The summed E-state index contributed by atoms with van der Waals surface area (Å²) in [4.78, 5) is 24.8. The number of benzene rings is 2. The molecule has 0 unspecified atom stereocenters. The minimum Gasteiger partial charge on any atom is -0.493 e. The number of aromatic nitrogens is 1. The van der Waals surface area contributed by atoms with Gasteiger partial charge >= 0.3 is 0 Å². The number of pyridine rings is 1. The predicted octanol–water partition coefficient (Wildman–Crippen LogP) is 4.57. The van der Waals surface area contributed by atoms with Gasteiger partial charge in [0.2, 0.25) is 5.88 Å². The first-order valence-corrected chi connectivity index (χ1v) is 8.86. The molecule has 1 heterocycles. The number of nitrogens with zero attached hydrogens (tertiary/aromatic N) is 4. The van der Waals surface area contributed by atoms with Crippen molar-refractivity contribution in [3.63, 3.8) is 0 Å². The van der Waals surface area contributed by atoms with E-state index in [0.717, 1.165) is 4.57 Å². The second-order valence-electron chi connectivity index (χ2n) is 6.23. The molecule has 144 valence electrons. The summed E-state index contributed by atoms with van der Waals surface area (Å²) in [5.41, 5.74) is 0.994. The van der Waals surface area contributed by atoms with Crippen LogP contribution in [-0.2, 0) is 7.05 Å². The highest BCUT2D eigenvalue weighted by Gasteiger charge is 2.17. The number of carbonyl (C=O) groups is 1. The average molecular weight is 407 g/mol. The molecule has 1 N–H and O–H groups in total. The monoisotopic (exact) mass is 406 g/mol. The van der Waals surface area contributed by atoms with Gasteiger partial charge < -0.3 is 5.11 Å². The lowest BCUT2D eigenvalue weighted by Crippen LogP contribution is -2.18. The Labute approximate surface area is 171 Å². The van der Waals surface area contributed by atoms with Gasteiger partial charge in [0, 0.05) is 28.8 Å². The van der Waals surface area contributed by atoms with Crippen molar-refractivity contribution >= 4 is 28.8 Å². The molecule has 0 atom stereocenters. The van der Waals surface area contributed by atoms with E-state index in [1.165, 1.54) is 14.0 Å². The first-order chi connectivity index (χ1) is 13.8. The maximum absolute atomic E-state index is 12.5. The number of halogens is 1. The Balaban J connectivity index is 1.89. The van der Waals surface area contributed by atoms with Gasteiger partial charge in [-0.05, 0) is 55.5 Å². The molecular weight excluding hydrogens is 392 g/mol. The van der Waals surface area contributed by atoms with E-state index >= 15 is 0 Å². The maximum Gasteiger partial charge on any atom is 0.281 e. The third-order valence-electron chi connectivity index (χ3n) is 4.39. The van der Waals surface area contributed by atoms with E-state index < -0.39 is 11.4 Å². The zero-order valence-electron chi connectivity index (χ0n) is 15.5. The predicted molar refractivity (Wildman–Crippen MR) is 108 cm³/mol. The number of hydrogen-bond acceptors (Lipinski definition) is 6. The Morgan fingerprint density at radius 3 is 2.17 bits per heavy atom. The van der Waals surface area contributed by atoms with Gasteiger partial charge in [-0.2, -0.15) is 10.4 Å². The molecule has 1 aromatic heterocycles. The topological polar surface area (TPSA) is 108 Å². The molecule has 3 rings (SSSR count). The van der Waals surface area contributed by atoms with Gasteiger partial charge in [-0.15, -0.1) is 5.11 Å². The van der Waals surface area contributed by atoms with Crippen molar-refractivity contribution in [3.05, 3.63) is 86.2 Å². The number of hydrogen-bond donors (Lipinski definition) is 1. The lowest BCUT2D eigenvalue weighted by Gasteiger charge is -2.08. The zero-order chi connectivity index (χ0) is 21.1. The van der Waals surface area contributed by atoms with Crippen molar-refractivity contribution < 1.29 is 9.90 Å². The van der Waals surface area contributed by atoms with Crippen LogP contribution < -0.4 is 5.56 Å². The van der Waals surface area contributed by atoms with Gasteiger partial charge in [0.1, 0.15) is 11.6 Å². The molecule has 8 heteroatoms. The van der Waals surface area contributed by atoms with Crippen LogP contribution in [0.25, 0.3) is 0 Å². The van der Waals surface area contributed by atoms with Crippen LogP contribution in [0.3, 0.4) is 0 Å². The van der Waals surface area contributed by atoms with E-state index in [1.807, 2.05) is 6.07 Å². The summed E-state index contributed by atoms with van der Waals surface area (Å²) in [6, 6.07) is 14.8. The van der Waals surface area contributed by atoms with Gasteiger partial charge in [-0.1, -0.05) is 11.6 Å². The summed E-state index contributed by atoms with van der Waals surface area (Å²) in [7, 11) is 1.34. The van der Waals surface area contributed by atoms with Gasteiger partial charge in [0.15, 0.2) is 11.5 Å². The van der Waals surface area contributed by atoms with Crippen LogP contribution in [-0.4, -0.2) is 15.5 Å². The summed E-state index contributed by atoms with van der Waals surface area (Å²) in [5.74, 6) is -0.578. The number of rotatable bonds is 4. The standard InChI is InChI=1S/C21H15ClN4O3/c1-12-17(11-23)20(28)26(2)21(29)18(12)25-24-16-9-5-14(6-10-16)19(27)13-3-7-15(22)8-4-13/h3-10,28H,1-2H3. The minimum absolute atomic E-state index is 0.0371. The summed E-state index contributed by atoms with van der Waals surface area (Å²) >= 11 is 5.84. The first kappa shape index (κ1) is 20.0. The number of ketones is 1. The molecule has 0 aliphatic heterocycles. The molecule has 0 radical (unpaired) electrons. The Morgan fingerprint density at radius 2 is 1.62 bits per heavy atom. The second kappa shape index (κ2) is 8.09. The van der Waals surface area contributed by atoms with Crippen molar-refractivity contribution in [1.29, 1.82) is 5.26 Å². The molecule has 2 aromatic carbocycles. The van der Waals surface area contributed by atoms with Crippen LogP contribution in [0.5, 0.6) is 5.88 Å². The highest BCUT2D eigenvalue weighted by molar-refractivity contribution is 6.30. The molecule has 0 fully saturated rings. The molecule has 0 spiro atoms. The summed E-state index contributed by atoms with van der Waals surface area (Å²) in [6.07, 6.45) is 0. The molecule has 0 bridgehead atoms. The van der Waals surface area contributed by atoms with Gasteiger partial charge in [0.25, 0.3) is 5.56 Å². The lowest BCUT2D eigenvalue weighted by molar-refractivity contribution is 0.103. The van der Waals surface area contributed by atoms with E-state index in [2.05, 4.69) is 10.2 Å². The average Bonchev–Trinajstić information content (AvgIpc) is 2.73. The fourth-order valence-electron chi connectivity index (χ4n) is 2.68. The van der Waals surface area contributed by atoms with Crippen molar-refractivity contribution in [3.8, 4) is 11.9 Å². The van der Waals surface area contributed by atoms with E-state index in [4.69, 9.17) is 11.6 Å². The molecule has 7 nitrogen and oxygen atoms in total.